The van der Waals surface area contributed by atoms with Gasteiger partial charge in [-0.05, 0) is 43.2 Å². The highest BCUT2D eigenvalue weighted by molar-refractivity contribution is 7.12. The highest BCUT2D eigenvalue weighted by Crippen LogP contribution is 2.19. The predicted molar refractivity (Wildman–Crippen MR) is 88.2 cm³/mol. The second kappa shape index (κ2) is 10.8. The van der Waals surface area contributed by atoms with E-state index in [0.29, 0.717) is 17.9 Å². The molecule has 0 aliphatic heterocycles. The van der Waals surface area contributed by atoms with Crippen molar-refractivity contribution in [3.8, 4) is 6.07 Å². The molecule has 5 nitrogen and oxygen atoms in total. The second-order valence-electron chi connectivity index (χ2n) is 5.20. The Morgan fingerprint density at radius 2 is 2.04 bits per heavy atom. The zero-order valence-electron chi connectivity index (χ0n) is 13.7. The number of esters is 2. The molecule has 0 aliphatic rings. The second-order valence-corrected chi connectivity index (χ2v) is 6.11. The number of carbonyl (C=O) groups is 2. The summed E-state index contributed by atoms with van der Waals surface area (Å²) in [5.41, 5.74) is 1.15. The van der Waals surface area contributed by atoms with Crippen molar-refractivity contribution in [1.82, 2.24) is 0 Å². The van der Waals surface area contributed by atoms with Crippen LogP contribution in [0.1, 0.15) is 54.3 Å². The van der Waals surface area contributed by atoms with E-state index in [9.17, 15) is 9.59 Å². The maximum atomic E-state index is 11.5. The van der Waals surface area contributed by atoms with Gasteiger partial charge in [0.15, 0.2) is 0 Å². The molecule has 1 aromatic heterocycles. The van der Waals surface area contributed by atoms with E-state index in [1.807, 2.05) is 17.5 Å². The van der Waals surface area contributed by atoms with Crippen LogP contribution in [0.25, 0.3) is 0 Å². The van der Waals surface area contributed by atoms with Crippen LogP contribution in [0.2, 0.25) is 0 Å². The Hall–Kier alpha value is -1.87. The minimum Gasteiger partial charge on any atom is -0.465 e. The average Bonchev–Trinajstić information content (AvgIpc) is 3.02. The smallest absolute Gasteiger partial charge is 0.348 e. The minimum atomic E-state index is -0.644. The molecule has 0 spiro atoms. The van der Waals surface area contributed by atoms with Crippen molar-refractivity contribution in [2.24, 2.45) is 5.92 Å². The average molecular weight is 337 g/mol. The van der Waals surface area contributed by atoms with Gasteiger partial charge in [-0.1, -0.05) is 19.3 Å². The lowest BCUT2D eigenvalue weighted by Gasteiger charge is -2.07. The van der Waals surface area contributed by atoms with E-state index in [4.69, 9.17) is 10.00 Å². The van der Waals surface area contributed by atoms with E-state index < -0.39 is 11.9 Å². The summed E-state index contributed by atoms with van der Waals surface area (Å²) in [6, 6.07) is 3.88. The van der Waals surface area contributed by atoms with Gasteiger partial charge in [-0.3, -0.25) is 4.79 Å². The lowest BCUT2D eigenvalue weighted by Crippen LogP contribution is -2.16. The Kier molecular flexibility index (Phi) is 9.00. The number of carbonyl (C=O) groups excluding carboxylic acids is 2. The molecule has 0 N–H and O–H groups in total. The highest BCUT2D eigenvalue weighted by Gasteiger charge is 2.18. The van der Waals surface area contributed by atoms with Crippen LogP contribution in [0.15, 0.2) is 11.4 Å². The monoisotopic (exact) mass is 337 g/mol. The summed E-state index contributed by atoms with van der Waals surface area (Å²) < 4.78 is 9.55. The number of ether oxygens (including phenoxy) is 2. The van der Waals surface area contributed by atoms with Crippen molar-refractivity contribution < 1.29 is 19.1 Å². The van der Waals surface area contributed by atoms with E-state index in [0.717, 1.165) is 37.7 Å². The Morgan fingerprint density at radius 3 is 2.70 bits per heavy atom. The summed E-state index contributed by atoms with van der Waals surface area (Å²) >= 11 is 1.40. The van der Waals surface area contributed by atoms with Crippen molar-refractivity contribution in [3.05, 3.63) is 21.9 Å². The molecular formula is C17H23NO4S. The van der Waals surface area contributed by atoms with Gasteiger partial charge in [0, 0.05) is 0 Å². The Morgan fingerprint density at radius 1 is 1.30 bits per heavy atom. The topological polar surface area (TPSA) is 76.4 Å². The van der Waals surface area contributed by atoms with Crippen LogP contribution in [0.3, 0.4) is 0 Å². The SMILES string of the molecule is CCOC(=O)C(C#N)CCCCCCc1csc(C(=O)OC)c1. The van der Waals surface area contributed by atoms with Crippen LogP contribution in [0, 0.1) is 17.2 Å². The van der Waals surface area contributed by atoms with Crippen LogP contribution in [-0.4, -0.2) is 25.7 Å². The summed E-state index contributed by atoms with van der Waals surface area (Å²) in [6.07, 6.45) is 5.35. The number of methoxy groups -OCH3 is 1. The van der Waals surface area contributed by atoms with Gasteiger partial charge in [0.1, 0.15) is 10.8 Å². The van der Waals surface area contributed by atoms with Crippen molar-refractivity contribution >= 4 is 23.3 Å². The lowest BCUT2D eigenvalue weighted by atomic mass is 10.0. The summed E-state index contributed by atoms with van der Waals surface area (Å²) in [6.45, 7) is 2.05. The zero-order valence-corrected chi connectivity index (χ0v) is 14.5. The minimum absolute atomic E-state index is 0.289. The number of rotatable bonds is 10. The molecule has 0 aromatic carbocycles. The lowest BCUT2D eigenvalue weighted by molar-refractivity contribution is -0.146. The van der Waals surface area contributed by atoms with Crippen LogP contribution >= 0.6 is 11.3 Å². The quantitative estimate of drug-likeness (QED) is 0.480. The van der Waals surface area contributed by atoms with Crippen LogP contribution in [0.4, 0.5) is 0 Å². The third kappa shape index (κ3) is 6.83. The van der Waals surface area contributed by atoms with Crippen LogP contribution in [-0.2, 0) is 20.7 Å². The first-order valence-electron chi connectivity index (χ1n) is 7.84. The standard InChI is InChI=1S/C17H23NO4S/c1-3-22-16(19)14(11-18)9-7-5-4-6-8-13-10-15(23-12-13)17(20)21-2/h10,12,14H,3-9H2,1-2H3. The number of aryl methyl sites for hydroxylation is 1. The van der Waals surface area contributed by atoms with Crippen molar-refractivity contribution in [1.29, 1.82) is 5.26 Å². The summed E-state index contributed by atoms with van der Waals surface area (Å²) in [7, 11) is 1.38. The molecule has 1 aromatic rings. The summed E-state index contributed by atoms with van der Waals surface area (Å²) in [5, 5.41) is 10.9. The molecule has 0 aliphatic carbocycles. The third-order valence-corrected chi connectivity index (χ3v) is 4.43. The molecule has 1 rings (SSSR count). The van der Waals surface area contributed by atoms with E-state index >= 15 is 0 Å². The molecule has 0 saturated carbocycles. The fraction of sp³-hybridized carbons (Fsp3) is 0.588. The molecule has 1 unspecified atom stereocenters. The molecule has 126 valence electrons. The summed E-state index contributed by atoms with van der Waals surface area (Å²) in [5.74, 6) is -1.35. The van der Waals surface area contributed by atoms with E-state index in [2.05, 4.69) is 4.74 Å². The van der Waals surface area contributed by atoms with Crippen LogP contribution in [0.5, 0.6) is 0 Å². The predicted octanol–water partition coefficient (Wildman–Crippen LogP) is 3.73. The third-order valence-electron chi connectivity index (χ3n) is 3.48. The van der Waals surface area contributed by atoms with Gasteiger partial charge in [-0.25, -0.2) is 4.79 Å². The number of nitriles is 1. The first-order valence-corrected chi connectivity index (χ1v) is 8.72. The largest absolute Gasteiger partial charge is 0.465 e. The van der Waals surface area contributed by atoms with E-state index in [1.165, 1.54) is 18.4 Å². The number of nitrogens with zero attached hydrogens (tertiary/aromatic N) is 1. The molecule has 0 radical (unpaired) electrons. The first-order chi connectivity index (χ1) is 11.1. The Labute approximate surface area is 141 Å². The molecule has 0 bridgehead atoms. The van der Waals surface area contributed by atoms with Gasteiger partial charge in [0.25, 0.3) is 0 Å². The van der Waals surface area contributed by atoms with Gasteiger partial charge in [-0.15, -0.1) is 11.3 Å². The zero-order chi connectivity index (χ0) is 17.1. The van der Waals surface area contributed by atoms with E-state index in [1.54, 1.807) is 6.92 Å². The molecule has 1 heterocycles. The van der Waals surface area contributed by atoms with Crippen molar-refractivity contribution in [2.45, 2.75) is 45.4 Å². The molecule has 23 heavy (non-hydrogen) atoms. The first kappa shape index (κ1) is 19.2. The number of hydrogen-bond donors (Lipinski definition) is 0. The van der Waals surface area contributed by atoms with Crippen molar-refractivity contribution in [3.63, 3.8) is 0 Å². The molecule has 0 fully saturated rings. The Balaban J connectivity index is 2.18. The molecule has 6 heteroatoms. The maximum absolute atomic E-state index is 11.5. The molecule has 0 amide bonds. The normalized spacial score (nSPS) is 11.5. The summed E-state index contributed by atoms with van der Waals surface area (Å²) in [4.78, 5) is 23.5. The van der Waals surface area contributed by atoms with Gasteiger partial charge in [0.2, 0.25) is 0 Å². The molecular weight excluding hydrogens is 314 g/mol. The Bertz CT molecular complexity index is 547. The van der Waals surface area contributed by atoms with Gasteiger partial charge >= 0.3 is 11.9 Å². The van der Waals surface area contributed by atoms with E-state index in [-0.39, 0.29) is 5.97 Å². The molecule has 1 atom stereocenters. The fourth-order valence-electron chi connectivity index (χ4n) is 2.22. The number of unbranched alkanes of at least 4 members (excludes halogenated alkanes) is 3. The van der Waals surface area contributed by atoms with Gasteiger partial charge < -0.3 is 9.47 Å². The van der Waals surface area contributed by atoms with Crippen LogP contribution < -0.4 is 0 Å². The number of hydrogen-bond acceptors (Lipinski definition) is 6. The maximum Gasteiger partial charge on any atom is 0.348 e. The molecule has 0 saturated heterocycles. The van der Waals surface area contributed by atoms with Gasteiger partial charge in [-0.2, -0.15) is 5.26 Å². The number of thiophene rings is 1. The highest BCUT2D eigenvalue weighted by atomic mass is 32.1. The van der Waals surface area contributed by atoms with Gasteiger partial charge in [0.05, 0.1) is 19.8 Å². The fourth-order valence-corrected chi connectivity index (χ4v) is 3.09. The van der Waals surface area contributed by atoms with Crippen molar-refractivity contribution in [2.75, 3.05) is 13.7 Å².